The molecule has 0 saturated heterocycles. The number of nitrogens with one attached hydrogen (secondary N) is 1. The number of halogens is 3. The van der Waals surface area contributed by atoms with Crippen LogP contribution in [0.3, 0.4) is 0 Å². The summed E-state index contributed by atoms with van der Waals surface area (Å²) < 4.78 is 39.3. The second-order valence-electron chi connectivity index (χ2n) is 4.07. The summed E-state index contributed by atoms with van der Waals surface area (Å²) in [5, 5.41) is 1.80. The zero-order valence-corrected chi connectivity index (χ0v) is 9.05. The minimum Gasteiger partial charge on any atom is -0.320 e. The van der Waals surface area contributed by atoms with Gasteiger partial charge in [0.05, 0.1) is 0 Å². The lowest BCUT2D eigenvalue weighted by Gasteiger charge is -2.29. The lowest BCUT2D eigenvalue weighted by Crippen LogP contribution is -2.55. The number of carbonyl (C=O) groups is 1. The first-order chi connectivity index (χ1) is 7.68. The molecule has 0 aliphatic carbocycles. The Hall–Kier alpha value is -1.79. The van der Waals surface area contributed by atoms with Crippen molar-refractivity contribution >= 4 is 5.91 Å². The van der Waals surface area contributed by atoms with Crippen LogP contribution in [-0.4, -0.2) is 16.7 Å². The maximum atomic E-state index is 12.9. The molecule has 7 heteroatoms. The summed E-state index contributed by atoms with van der Waals surface area (Å²) in [5.41, 5.74) is -3.62. The van der Waals surface area contributed by atoms with E-state index in [1.807, 2.05) is 0 Å². The quantitative estimate of drug-likeness (QED) is 0.746. The Labute approximate surface area is 94.0 Å². The van der Waals surface area contributed by atoms with Gasteiger partial charge in [-0.3, -0.25) is 14.2 Å². The molecule has 1 aromatic heterocycles. The summed E-state index contributed by atoms with van der Waals surface area (Å²) in [5.74, 6) is -0.901. The summed E-state index contributed by atoms with van der Waals surface area (Å²) >= 11 is 0. The average molecular weight is 246 g/mol. The molecule has 2 rings (SSSR count). The maximum absolute atomic E-state index is 12.9. The van der Waals surface area contributed by atoms with Crippen molar-refractivity contribution < 1.29 is 18.0 Å². The van der Waals surface area contributed by atoms with Crippen LogP contribution in [-0.2, 0) is 5.66 Å². The second-order valence-corrected chi connectivity index (χ2v) is 4.07. The Kier molecular flexibility index (Phi) is 2.14. The Balaban J connectivity index is 2.82. The molecular weight excluding hydrogens is 237 g/mol. The van der Waals surface area contributed by atoms with Crippen molar-refractivity contribution in [3.05, 3.63) is 33.7 Å². The molecule has 0 saturated carbocycles. The Bertz CT molecular complexity index is 562. The van der Waals surface area contributed by atoms with Crippen molar-refractivity contribution in [3.8, 4) is 0 Å². The van der Waals surface area contributed by atoms with Gasteiger partial charge in [-0.15, -0.1) is 0 Å². The molecule has 0 bridgehead atoms. The van der Waals surface area contributed by atoms with Gasteiger partial charge in [0.15, 0.2) is 0 Å². The molecule has 1 N–H and O–H groups in total. The number of carbonyl (C=O) groups excluding carboxylic acids is 1. The number of fused-ring (bicyclic) bond motifs is 1. The van der Waals surface area contributed by atoms with Crippen molar-refractivity contribution in [1.82, 2.24) is 9.88 Å². The molecule has 92 valence electrons. The van der Waals surface area contributed by atoms with E-state index in [0.29, 0.717) is 4.57 Å². The van der Waals surface area contributed by atoms with Gasteiger partial charge >= 0.3 is 6.18 Å². The number of rotatable bonds is 0. The minimum absolute atomic E-state index is 0.153. The molecule has 17 heavy (non-hydrogen) atoms. The van der Waals surface area contributed by atoms with E-state index in [1.54, 1.807) is 5.32 Å². The summed E-state index contributed by atoms with van der Waals surface area (Å²) in [4.78, 5) is 23.2. The van der Waals surface area contributed by atoms with Crippen LogP contribution >= 0.6 is 0 Å². The predicted octanol–water partition coefficient (Wildman–Crippen LogP) is 1.14. The molecule has 1 amide bonds. The van der Waals surface area contributed by atoms with Crippen LogP contribution in [0.1, 0.15) is 23.0 Å². The minimum atomic E-state index is -4.74. The third-order valence-corrected chi connectivity index (χ3v) is 2.86. The molecule has 0 aromatic carbocycles. The first-order valence-corrected chi connectivity index (χ1v) is 4.81. The number of hydrogen-bond donors (Lipinski definition) is 1. The van der Waals surface area contributed by atoms with Gasteiger partial charge in [0, 0.05) is 5.56 Å². The number of amides is 1. The number of aromatic nitrogens is 1. The molecule has 1 unspecified atom stereocenters. The van der Waals surface area contributed by atoms with Gasteiger partial charge in [-0.05, 0) is 19.9 Å². The van der Waals surface area contributed by atoms with Crippen LogP contribution in [0.4, 0.5) is 13.2 Å². The van der Waals surface area contributed by atoms with Crippen LogP contribution in [0.25, 0.3) is 0 Å². The van der Waals surface area contributed by atoms with Crippen LogP contribution in [0.2, 0.25) is 0 Å². The lowest BCUT2D eigenvalue weighted by atomic mass is 10.2. The van der Waals surface area contributed by atoms with Gasteiger partial charge in [0.2, 0.25) is 5.66 Å². The van der Waals surface area contributed by atoms with Crippen molar-refractivity contribution in [3.63, 3.8) is 0 Å². The highest BCUT2D eigenvalue weighted by Crippen LogP contribution is 2.37. The van der Waals surface area contributed by atoms with E-state index in [2.05, 4.69) is 0 Å². The van der Waals surface area contributed by atoms with Gasteiger partial charge in [0.25, 0.3) is 11.5 Å². The maximum Gasteiger partial charge on any atom is 0.430 e. The van der Waals surface area contributed by atoms with Crippen LogP contribution in [0.15, 0.2) is 16.9 Å². The molecule has 0 fully saturated rings. The Morgan fingerprint density at radius 2 is 1.88 bits per heavy atom. The summed E-state index contributed by atoms with van der Waals surface area (Å²) in [6, 6.07) is 2.54. The predicted molar refractivity (Wildman–Crippen MR) is 52.6 cm³/mol. The molecule has 1 aromatic rings. The summed E-state index contributed by atoms with van der Waals surface area (Å²) in [6.45, 7) is 2.16. The summed E-state index contributed by atoms with van der Waals surface area (Å²) in [7, 11) is 0. The van der Waals surface area contributed by atoms with Crippen LogP contribution < -0.4 is 10.9 Å². The summed E-state index contributed by atoms with van der Waals surface area (Å²) in [6.07, 6.45) is -4.74. The number of aryl methyl sites for hydroxylation is 1. The van der Waals surface area contributed by atoms with E-state index in [1.165, 1.54) is 19.1 Å². The zero-order chi connectivity index (χ0) is 13.0. The number of nitrogens with zero attached hydrogens (tertiary/aromatic N) is 1. The highest BCUT2D eigenvalue weighted by molar-refractivity contribution is 5.95. The van der Waals surface area contributed by atoms with Crippen molar-refractivity contribution in [2.75, 3.05) is 0 Å². The smallest absolute Gasteiger partial charge is 0.320 e. The zero-order valence-electron chi connectivity index (χ0n) is 9.05. The Morgan fingerprint density at radius 3 is 2.41 bits per heavy atom. The standard InChI is InChI=1S/C10H9F3N2O2/c1-5-3-4-6-7(16)14-9(2,10(11,12)13)15(6)8(5)17/h3-4H,1-2H3,(H,14,16). The van der Waals surface area contributed by atoms with Gasteiger partial charge in [-0.1, -0.05) is 6.07 Å². The third-order valence-electron chi connectivity index (χ3n) is 2.86. The molecular formula is C10H9F3N2O2. The number of pyridine rings is 1. The lowest BCUT2D eigenvalue weighted by molar-refractivity contribution is -0.213. The average Bonchev–Trinajstić information content (AvgIpc) is 2.45. The molecule has 0 spiro atoms. The largest absolute Gasteiger partial charge is 0.430 e. The molecule has 2 heterocycles. The first-order valence-electron chi connectivity index (χ1n) is 4.81. The van der Waals surface area contributed by atoms with Gasteiger partial charge < -0.3 is 5.32 Å². The van der Waals surface area contributed by atoms with E-state index in [4.69, 9.17) is 0 Å². The van der Waals surface area contributed by atoms with Gasteiger partial charge in [-0.2, -0.15) is 13.2 Å². The van der Waals surface area contributed by atoms with E-state index >= 15 is 0 Å². The van der Waals surface area contributed by atoms with Gasteiger partial charge in [0.1, 0.15) is 5.69 Å². The number of hydrogen-bond acceptors (Lipinski definition) is 2. The first kappa shape index (κ1) is 11.7. The van der Waals surface area contributed by atoms with Crippen LogP contribution in [0, 0.1) is 6.92 Å². The molecule has 0 radical (unpaired) electrons. The second kappa shape index (κ2) is 3.12. The highest BCUT2D eigenvalue weighted by atomic mass is 19.4. The number of alkyl halides is 3. The van der Waals surface area contributed by atoms with Gasteiger partial charge in [-0.25, -0.2) is 0 Å². The Morgan fingerprint density at radius 1 is 1.29 bits per heavy atom. The molecule has 4 nitrogen and oxygen atoms in total. The van der Waals surface area contributed by atoms with E-state index < -0.39 is 23.3 Å². The van der Waals surface area contributed by atoms with E-state index in [-0.39, 0.29) is 11.3 Å². The van der Waals surface area contributed by atoms with Crippen LogP contribution in [0.5, 0.6) is 0 Å². The molecule has 1 aliphatic heterocycles. The molecule has 1 atom stereocenters. The van der Waals surface area contributed by atoms with Crippen molar-refractivity contribution in [2.24, 2.45) is 0 Å². The topological polar surface area (TPSA) is 51.1 Å². The van der Waals surface area contributed by atoms with Crippen molar-refractivity contribution in [1.29, 1.82) is 0 Å². The van der Waals surface area contributed by atoms with E-state index in [9.17, 15) is 22.8 Å². The fraction of sp³-hybridized carbons (Fsp3) is 0.400. The molecule has 1 aliphatic rings. The third kappa shape index (κ3) is 1.38. The SMILES string of the molecule is Cc1ccc2n(c1=O)C(C)(C(F)(F)F)NC2=O. The fourth-order valence-corrected chi connectivity index (χ4v) is 1.80. The van der Waals surface area contributed by atoms with E-state index in [0.717, 1.165) is 6.92 Å². The monoisotopic (exact) mass is 246 g/mol. The normalized spacial score (nSPS) is 23.5. The highest BCUT2D eigenvalue weighted by Gasteiger charge is 2.58. The fourth-order valence-electron chi connectivity index (χ4n) is 1.80. The van der Waals surface area contributed by atoms with Crippen molar-refractivity contribution in [2.45, 2.75) is 25.7 Å².